The third-order valence-electron chi connectivity index (χ3n) is 14.0. The first kappa shape index (κ1) is 50.2. The fourth-order valence-electron chi connectivity index (χ4n) is 9.55. The molecular formula is C51H66Br4O7. The summed E-state index contributed by atoms with van der Waals surface area (Å²) in [6.07, 6.45) is 12.3. The molecule has 3 spiro atoms. The molecule has 340 valence electrons. The molecule has 9 rings (SSSR count). The number of allylic oxidation sites excluding steroid dienone is 1. The van der Waals surface area contributed by atoms with Crippen LogP contribution in [-0.2, 0) is 33.2 Å². The number of aryl methyl sites for hydroxylation is 3. The lowest BCUT2D eigenvalue weighted by Gasteiger charge is -2.36. The summed E-state index contributed by atoms with van der Waals surface area (Å²) in [5.41, 5.74) is 16.4. The molecule has 0 bridgehead atoms. The highest BCUT2D eigenvalue weighted by Gasteiger charge is 2.42. The van der Waals surface area contributed by atoms with Crippen molar-refractivity contribution in [1.82, 2.24) is 0 Å². The predicted molar refractivity (Wildman–Crippen MR) is 263 cm³/mol. The molecule has 5 fully saturated rings. The maximum absolute atomic E-state index is 10.9. The molecule has 0 aromatic heterocycles. The maximum atomic E-state index is 10.9. The summed E-state index contributed by atoms with van der Waals surface area (Å²) >= 11 is 14.4. The van der Waals surface area contributed by atoms with Gasteiger partial charge in [-0.05, 0) is 160 Å². The van der Waals surface area contributed by atoms with Crippen LogP contribution < -0.4 is 0 Å². The van der Waals surface area contributed by atoms with Crippen molar-refractivity contribution < 1.29 is 33.2 Å². The zero-order valence-corrected chi connectivity index (χ0v) is 44.6. The first-order valence-corrected chi connectivity index (χ1v) is 25.6. The van der Waals surface area contributed by atoms with Gasteiger partial charge in [0.2, 0.25) is 0 Å². The van der Waals surface area contributed by atoms with Crippen LogP contribution >= 0.6 is 63.7 Å². The molecule has 11 heteroatoms. The van der Waals surface area contributed by atoms with Crippen molar-refractivity contribution in [1.29, 1.82) is 0 Å². The van der Waals surface area contributed by atoms with E-state index < -0.39 is 0 Å². The van der Waals surface area contributed by atoms with Crippen molar-refractivity contribution in [3.8, 4) is 0 Å². The molecule has 2 saturated carbocycles. The minimum Gasteiger partial charge on any atom is -0.348 e. The number of rotatable bonds is 2. The topological polar surface area (TPSA) is 72.5 Å². The van der Waals surface area contributed by atoms with E-state index in [1.165, 1.54) is 97.5 Å². The van der Waals surface area contributed by atoms with E-state index in [9.17, 15) is 4.79 Å². The zero-order valence-electron chi connectivity index (χ0n) is 38.3. The van der Waals surface area contributed by atoms with E-state index >= 15 is 0 Å². The molecule has 0 radical (unpaired) electrons. The summed E-state index contributed by atoms with van der Waals surface area (Å²) in [7, 11) is 0. The summed E-state index contributed by atoms with van der Waals surface area (Å²) in [5, 5.41) is 0. The Morgan fingerprint density at radius 3 is 1.40 bits per heavy atom. The number of halogens is 4. The van der Waals surface area contributed by atoms with Gasteiger partial charge in [-0.15, -0.1) is 0 Å². The van der Waals surface area contributed by atoms with Crippen LogP contribution in [0.5, 0.6) is 0 Å². The minimum absolute atomic E-state index is 0.246. The van der Waals surface area contributed by atoms with E-state index in [4.69, 9.17) is 28.4 Å². The van der Waals surface area contributed by atoms with E-state index in [-0.39, 0.29) is 17.4 Å². The van der Waals surface area contributed by atoms with Crippen LogP contribution in [0.1, 0.15) is 138 Å². The number of hydrogen-bond donors (Lipinski definition) is 0. The van der Waals surface area contributed by atoms with Gasteiger partial charge in [0.05, 0.1) is 39.6 Å². The number of carbonyl (C=O) groups is 1. The number of hydrogen-bond acceptors (Lipinski definition) is 7. The third kappa shape index (κ3) is 11.6. The first-order chi connectivity index (χ1) is 29.4. The van der Waals surface area contributed by atoms with Crippen LogP contribution in [0.3, 0.4) is 0 Å². The lowest BCUT2D eigenvalue weighted by atomic mass is 9.78. The Hall–Kier alpha value is -1.25. The Morgan fingerprint density at radius 2 is 0.903 bits per heavy atom. The van der Waals surface area contributed by atoms with E-state index in [1.54, 1.807) is 0 Å². The fraction of sp³-hybridized carbons (Fsp3) is 0.588. The fourth-order valence-corrected chi connectivity index (χ4v) is 11.4. The van der Waals surface area contributed by atoms with Crippen LogP contribution in [0.2, 0.25) is 0 Å². The van der Waals surface area contributed by atoms with Crippen LogP contribution in [0.25, 0.3) is 5.57 Å². The molecular weight excluding hydrogens is 1040 g/mol. The van der Waals surface area contributed by atoms with Crippen LogP contribution in [0, 0.1) is 62.3 Å². The summed E-state index contributed by atoms with van der Waals surface area (Å²) in [5.74, 6) is 0.0582. The molecule has 3 aliphatic carbocycles. The second kappa shape index (κ2) is 21.6. The van der Waals surface area contributed by atoms with Crippen molar-refractivity contribution in [2.45, 2.75) is 156 Å². The van der Waals surface area contributed by atoms with Crippen molar-refractivity contribution in [3.63, 3.8) is 0 Å². The second-order valence-electron chi connectivity index (χ2n) is 18.0. The van der Waals surface area contributed by atoms with Gasteiger partial charge in [0.15, 0.2) is 17.4 Å². The predicted octanol–water partition coefficient (Wildman–Crippen LogP) is 14.5. The molecule has 6 aliphatic rings. The Bertz CT molecular complexity index is 2080. The van der Waals surface area contributed by atoms with Gasteiger partial charge in [-0.3, -0.25) is 4.79 Å². The second-order valence-corrected chi connectivity index (χ2v) is 21.2. The van der Waals surface area contributed by atoms with Crippen molar-refractivity contribution in [2.75, 3.05) is 39.6 Å². The highest BCUT2D eigenvalue weighted by Crippen LogP contribution is 2.45. The van der Waals surface area contributed by atoms with Gasteiger partial charge in [0.25, 0.3) is 0 Å². The highest BCUT2D eigenvalue weighted by molar-refractivity contribution is 9.11. The van der Waals surface area contributed by atoms with Crippen LogP contribution in [0.15, 0.2) is 42.2 Å². The summed E-state index contributed by atoms with van der Waals surface area (Å²) in [6, 6.07) is 6.80. The molecule has 3 aromatic carbocycles. The number of ketones is 1. The molecule has 3 saturated heterocycles. The van der Waals surface area contributed by atoms with Crippen molar-refractivity contribution in [3.05, 3.63) is 103 Å². The van der Waals surface area contributed by atoms with E-state index in [1.807, 2.05) is 0 Å². The SMILES string of the molecule is Cc1cc(Br)c(C)c(C)c1Br.Cc1cc(C2=CCC3(CC2)OCCO3)c(C)c(C)c1Br.Cc1cc(C2CCC3(CC2)OCCO3)c(C)c(C)c1Br.O=C1CCC2(CC1)OCCO2. The lowest BCUT2D eigenvalue weighted by Crippen LogP contribution is -2.35. The summed E-state index contributed by atoms with van der Waals surface area (Å²) in [6.45, 7) is 23.9. The number of carbonyl (C=O) groups excluding carboxylic acids is 1. The van der Waals surface area contributed by atoms with Gasteiger partial charge in [-0.2, -0.15) is 0 Å². The number of benzene rings is 3. The number of ether oxygens (including phenoxy) is 6. The minimum atomic E-state index is -0.367. The monoisotopic (exact) mass is 1110 g/mol. The smallest absolute Gasteiger partial charge is 0.172 e. The van der Waals surface area contributed by atoms with E-state index in [0.29, 0.717) is 37.8 Å². The van der Waals surface area contributed by atoms with Gasteiger partial charge in [0.1, 0.15) is 5.78 Å². The average Bonchev–Trinajstić information content (AvgIpc) is 4.06. The molecule has 0 unspecified atom stereocenters. The molecule has 3 aromatic rings. The van der Waals surface area contributed by atoms with Crippen LogP contribution in [-0.4, -0.2) is 62.8 Å². The van der Waals surface area contributed by atoms with Gasteiger partial charge < -0.3 is 28.4 Å². The summed E-state index contributed by atoms with van der Waals surface area (Å²) < 4.78 is 39.1. The van der Waals surface area contributed by atoms with E-state index in [2.05, 4.69) is 150 Å². The maximum Gasteiger partial charge on any atom is 0.172 e. The standard InChI is InChI=1S/C17H23BrO2.C17H21BrO2.C9H10Br2.C8H12O3/c2*1-11-10-15(12(2)13(3)16(11)18)14-4-6-17(7-5-14)19-8-9-20-17;1-5-4-8(10)6(2)7(3)9(5)11;9-7-1-3-8(4-2-7)10-5-6-11-8/h10,14H,4-9H2,1-3H3;4,10H,5-9H2,1-3H3;4H,1-3H3;1-6H2. The van der Waals surface area contributed by atoms with Crippen LogP contribution in [0.4, 0.5) is 0 Å². The zero-order chi connectivity index (χ0) is 45.0. The largest absolute Gasteiger partial charge is 0.348 e. The Kier molecular flexibility index (Phi) is 17.5. The Labute approximate surface area is 404 Å². The number of Topliss-reactive ketones (excluding diaryl/α,β-unsaturated/α-hetero) is 1. The molecule has 3 heterocycles. The van der Waals surface area contributed by atoms with Gasteiger partial charge in [-0.1, -0.05) is 81.9 Å². The summed E-state index contributed by atoms with van der Waals surface area (Å²) in [4.78, 5) is 10.9. The first-order valence-electron chi connectivity index (χ1n) is 22.4. The average molecular weight is 1110 g/mol. The Balaban J connectivity index is 0.000000143. The quantitative estimate of drug-likeness (QED) is 0.253. The molecule has 62 heavy (non-hydrogen) atoms. The van der Waals surface area contributed by atoms with Crippen molar-refractivity contribution >= 4 is 75.1 Å². The van der Waals surface area contributed by atoms with Crippen molar-refractivity contribution in [2.24, 2.45) is 0 Å². The van der Waals surface area contributed by atoms with Gasteiger partial charge in [0, 0.05) is 69.3 Å². The highest BCUT2D eigenvalue weighted by atomic mass is 79.9. The third-order valence-corrected chi connectivity index (χ3v) is 18.4. The van der Waals surface area contributed by atoms with Gasteiger partial charge >= 0.3 is 0 Å². The molecule has 7 nitrogen and oxygen atoms in total. The van der Waals surface area contributed by atoms with E-state index in [0.717, 1.165) is 71.4 Å². The Morgan fingerprint density at radius 1 is 0.484 bits per heavy atom. The molecule has 0 amide bonds. The molecule has 3 aliphatic heterocycles. The van der Waals surface area contributed by atoms with Gasteiger partial charge in [-0.25, -0.2) is 0 Å². The molecule has 0 N–H and O–H groups in total. The lowest BCUT2D eigenvalue weighted by molar-refractivity contribution is -0.179. The molecule has 0 atom stereocenters. The normalized spacial score (nSPS) is 21.2.